The van der Waals surface area contributed by atoms with E-state index < -0.39 is 0 Å². The molecule has 0 aromatic carbocycles. The molecule has 1 N–H and O–H groups in total. The third-order valence-electron chi connectivity index (χ3n) is 2.27. The van der Waals surface area contributed by atoms with Crippen LogP contribution in [0.15, 0.2) is 35.2 Å². The minimum Gasteiger partial charge on any atom is -0.452 e. The summed E-state index contributed by atoms with van der Waals surface area (Å²) in [7, 11) is 0. The van der Waals surface area contributed by atoms with Gasteiger partial charge in [0.15, 0.2) is 0 Å². The Hall–Kier alpha value is -1.75. The molecule has 0 spiro atoms. The van der Waals surface area contributed by atoms with Crippen LogP contribution >= 0.6 is 11.6 Å². The lowest BCUT2D eigenvalue weighted by atomic mass is 10.3. The maximum atomic E-state index is 11.6. The zero-order valence-corrected chi connectivity index (χ0v) is 9.85. The number of hydrogen-bond acceptors (Lipinski definition) is 3. The van der Waals surface area contributed by atoms with Gasteiger partial charge in [-0.3, -0.25) is 9.48 Å². The lowest BCUT2D eigenvalue weighted by molar-refractivity contribution is 0.0952. The van der Waals surface area contributed by atoms with Crippen molar-refractivity contribution >= 4 is 17.5 Å². The maximum absolute atomic E-state index is 11.6. The lowest BCUT2D eigenvalue weighted by Gasteiger charge is -2.04. The second-order valence-electron chi connectivity index (χ2n) is 3.49. The summed E-state index contributed by atoms with van der Waals surface area (Å²) >= 11 is 5.69. The Labute approximate surface area is 103 Å². The Morgan fingerprint density at radius 3 is 3.12 bits per heavy atom. The molecule has 90 valence electrons. The van der Waals surface area contributed by atoms with Crippen molar-refractivity contribution in [3.63, 3.8) is 0 Å². The number of rotatable bonds is 5. The van der Waals surface area contributed by atoms with Crippen molar-refractivity contribution in [2.75, 3.05) is 6.54 Å². The minimum atomic E-state index is -0.218. The molecule has 0 aliphatic heterocycles. The van der Waals surface area contributed by atoms with E-state index in [0.29, 0.717) is 12.1 Å². The van der Waals surface area contributed by atoms with E-state index in [9.17, 15) is 4.79 Å². The third-order valence-corrected chi connectivity index (χ3v) is 2.56. The number of aryl methyl sites for hydroxylation is 1. The highest BCUT2D eigenvalue weighted by Crippen LogP contribution is 2.15. The van der Waals surface area contributed by atoms with Crippen molar-refractivity contribution in [3.8, 4) is 0 Å². The molecule has 2 heterocycles. The fourth-order valence-corrected chi connectivity index (χ4v) is 1.63. The molecule has 1 amide bonds. The van der Waals surface area contributed by atoms with Crippen LogP contribution in [0, 0.1) is 0 Å². The molecular weight excluding hydrogens is 242 g/mol. The number of nitrogens with zero attached hydrogens (tertiary/aromatic N) is 2. The van der Waals surface area contributed by atoms with Crippen molar-refractivity contribution < 1.29 is 9.21 Å². The van der Waals surface area contributed by atoms with Gasteiger partial charge in [-0.2, -0.15) is 5.10 Å². The standard InChI is InChI=1S/C11H12ClN3O2/c12-10-9(3-8-17-10)11(16)13-4-1-6-15-7-2-5-14-15/h2-3,5,7-8H,1,4,6H2,(H,13,16). The molecule has 2 rings (SSSR count). The third kappa shape index (κ3) is 3.10. The van der Waals surface area contributed by atoms with Crippen LogP contribution in [0.25, 0.3) is 0 Å². The largest absolute Gasteiger partial charge is 0.452 e. The normalized spacial score (nSPS) is 10.4. The van der Waals surface area contributed by atoms with Crippen molar-refractivity contribution in [1.82, 2.24) is 15.1 Å². The summed E-state index contributed by atoms with van der Waals surface area (Å²) in [5, 5.41) is 6.95. The molecule has 2 aromatic heterocycles. The van der Waals surface area contributed by atoms with E-state index >= 15 is 0 Å². The van der Waals surface area contributed by atoms with Crippen LogP contribution in [0.5, 0.6) is 0 Å². The number of amides is 1. The molecule has 2 aromatic rings. The first-order valence-corrected chi connectivity index (χ1v) is 5.64. The van der Waals surface area contributed by atoms with E-state index in [2.05, 4.69) is 10.4 Å². The molecule has 5 nitrogen and oxygen atoms in total. The van der Waals surface area contributed by atoms with Gasteiger partial charge in [0, 0.05) is 25.5 Å². The molecule has 0 aliphatic carbocycles. The Morgan fingerprint density at radius 1 is 1.59 bits per heavy atom. The molecule has 6 heteroatoms. The zero-order chi connectivity index (χ0) is 12.1. The summed E-state index contributed by atoms with van der Waals surface area (Å²) in [6.07, 6.45) is 5.81. The van der Waals surface area contributed by atoms with Gasteiger partial charge in [-0.1, -0.05) is 0 Å². The van der Waals surface area contributed by atoms with Gasteiger partial charge in [-0.05, 0) is 30.2 Å². The predicted octanol–water partition coefficient (Wildman–Crippen LogP) is 1.95. The summed E-state index contributed by atoms with van der Waals surface area (Å²) in [4.78, 5) is 11.6. The smallest absolute Gasteiger partial charge is 0.256 e. The Morgan fingerprint density at radius 2 is 2.47 bits per heavy atom. The van der Waals surface area contributed by atoms with Crippen molar-refractivity contribution in [1.29, 1.82) is 0 Å². The van der Waals surface area contributed by atoms with E-state index in [1.54, 1.807) is 12.3 Å². The Kier molecular flexibility index (Phi) is 3.82. The van der Waals surface area contributed by atoms with E-state index in [1.165, 1.54) is 6.26 Å². The SMILES string of the molecule is O=C(NCCCn1cccn1)c1ccoc1Cl. The summed E-state index contributed by atoms with van der Waals surface area (Å²) in [5.74, 6) is -0.218. The second kappa shape index (κ2) is 5.54. The predicted molar refractivity (Wildman–Crippen MR) is 62.9 cm³/mol. The fraction of sp³-hybridized carbons (Fsp3) is 0.273. The number of carbonyl (C=O) groups excluding carboxylic acids is 1. The molecule has 0 fully saturated rings. The Bertz CT molecular complexity index is 479. The van der Waals surface area contributed by atoms with E-state index in [1.807, 2.05) is 16.9 Å². The van der Waals surface area contributed by atoms with Gasteiger partial charge in [-0.15, -0.1) is 0 Å². The minimum absolute atomic E-state index is 0.120. The quantitative estimate of drug-likeness (QED) is 0.829. The van der Waals surface area contributed by atoms with Gasteiger partial charge in [0.05, 0.1) is 11.8 Å². The lowest BCUT2D eigenvalue weighted by Crippen LogP contribution is -2.25. The van der Waals surface area contributed by atoms with E-state index in [4.69, 9.17) is 16.0 Å². The number of furan rings is 1. The highest BCUT2D eigenvalue weighted by Gasteiger charge is 2.11. The van der Waals surface area contributed by atoms with Crippen molar-refractivity contribution in [3.05, 3.63) is 41.6 Å². The van der Waals surface area contributed by atoms with Crippen LogP contribution in [0.4, 0.5) is 0 Å². The first kappa shape index (κ1) is 11.7. The van der Waals surface area contributed by atoms with Crippen LogP contribution in [0.2, 0.25) is 5.22 Å². The average molecular weight is 254 g/mol. The topological polar surface area (TPSA) is 60.1 Å². The number of carbonyl (C=O) groups is 1. The number of nitrogens with one attached hydrogen (secondary N) is 1. The second-order valence-corrected chi connectivity index (χ2v) is 3.83. The monoisotopic (exact) mass is 253 g/mol. The molecule has 0 unspecified atom stereocenters. The van der Waals surface area contributed by atoms with Gasteiger partial charge < -0.3 is 9.73 Å². The van der Waals surface area contributed by atoms with E-state index in [0.717, 1.165) is 13.0 Å². The molecule has 0 saturated carbocycles. The van der Waals surface area contributed by atoms with Crippen molar-refractivity contribution in [2.45, 2.75) is 13.0 Å². The van der Waals surface area contributed by atoms with Gasteiger partial charge in [0.1, 0.15) is 0 Å². The Balaban J connectivity index is 1.72. The molecule has 0 atom stereocenters. The summed E-state index contributed by atoms with van der Waals surface area (Å²) in [5.41, 5.74) is 0.366. The summed E-state index contributed by atoms with van der Waals surface area (Å²) in [6.45, 7) is 1.34. The number of halogens is 1. The molecule has 0 saturated heterocycles. The molecule has 0 bridgehead atoms. The van der Waals surface area contributed by atoms with Crippen LogP contribution in [0.3, 0.4) is 0 Å². The molecule has 0 aliphatic rings. The molecular formula is C11H12ClN3O2. The number of hydrogen-bond donors (Lipinski definition) is 1. The van der Waals surface area contributed by atoms with Crippen LogP contribution < -0.4 is 5.32 Å². The van der Waals surface area contributed by atoms with Crippen LogP contribution in [0.1, 0.15) is 16.8 Å². The van der Waals surface area contributed by atoms with Crippen LogP contribution in [-0.2, 0) is 6.54 Å². The van der Waals surface area contributed by atoms with Crippen molar-refractivity contribution in [2.24, 2.45) is 0 Å². The highest BCUT2D eigenvalue weighted by atomic mass is 35.5. The fourth-order valence-electron chi connectivity index (χ4n) is 1.43. The van der Waals surface area contributed by atoms with Gasteiger partial charge in [0.25, 0.3) is 5.91 Å². The first-order valence-electron chi connectivity index (χ1n) is 5.26. The molecule has 17 heavy (non-hydrogen) atoms. The highest BCUT2D eigenvalue weighted by molar-refractivity contribution is 6.32. The zero-order valence-electron chi connectivity index (χ0n) is 9.10. The number of aromatic nitrogens is 2. The summed E-state index contributed by atoms with van der Waals surface area (Å²) in [6, 6.07) is 3.41. The van der Waals surface area contributed by atoms with Gasteiger partial charge in [-0.25, -0.2) is 0 Å². The summed E-state index contributed by atoms with van der Waals surface area (Å²) < 4.78 is 6.66. The maximum Gasteiger partial charge on any atom is 0.256 e. The van der Waals surface area contributed by atoms with E-state index in [-0.39, 0.29) is 11.1 Å². The van der Waals surface area contributed by atoms with Gasteiger partial charge >= 0.3 is 0 Å². The van der Waals surface area contributed by atoms with Crippen LogP contribution in [-0.4, -0.2) is 22.2 Å². The van der Waals surface area contributed by atoms with Gasteiger partial charge in [0.2, 0.25) is 5.22 Å². The average Bonchev–Trinajstić information content (AvgIpc) is 2.95. The first-order chi connectivity index (χ1) is 8.27. The molecule has 0 radical (unpaired) electrons.